The van der Waals surface area contributed by atoms with Gasteiger partial charge in [-0.05, 0) is 101 Å². The van der Waals surface area contributed by atoms with Gasteiger partial charge in [0.05, 0.1) is 0 Å². The Hall–Kier alpha value is -1.94. The standard InChI is InChI=1S/C22H30N5OP/c1-14-23-20(25-18-4-6-19(7-5-18)29(2,3)28)26-21(24-14)27-22-11-15-8-16(12-22)10-17(9-15)13-22/h4-7,15-17H,8-13H2,1-3H3,(H2,23,24,25,26,27). The van der Waals surface area contributed by atoms with Crippen molar-refractivity contribution >= 4 is 30.0 Å². The Morgan fingerprint density at radius 1 is 0.897 bits per heavy atom. The SMILES string of the molecule is Cc1nc(Nc2ccc(P(C)(C)=O)cc2)nc(NC23CC4CC(CC(C4)C2)C3)n1. The molecule has 0 radical (unpaired) electrons. The average Bonchev–Trinajstić information content (AvgIpc) is 2.59. The molecule has 6 rings (SSSR count). The Morgan fingerprint density at radius 3 is 2.00 bits per heavy atom. The van der Waals surface area contributed by atoms with Gasteiger partial charge in [-0.3, -0.25) is 0 Å². The lowest BCUT2D eigenvalue weighted by molar-refractivity contribution is 0.0103. The minimum Gasteiger partial charge on any atom is -0.349 e. The van der Waals surface area contributed by atoms with Crippen LogP contribution < -0.4 is 15.9 Å². The van der Waals surface area contributed by atoms with Gasteiger partial charge >= 0.3 is 0 Å². The molecule has 4 aliphatic carbocycles. The molecule has 154 valence electrons. The first kappa shape index (κ1) is 19.0. The summed E-state index contributed by atoms with van der Waals surface area (Å²) in [5, 5.41) is 7.90. The molecule has 4 aliphatic rings. The Balaban J connectivity index is 1.35. The van der Waals surface area contributed by atoms with Gasteiger partial charge in [0.1, 0.15) is 13.0 Å². The van der Waals surface area contributed by atoms with Crippen LogP contribution in [-0.4, -0.2) is 33.8 Å². The summed E-state index contributed by atoms with van der Waals surface area (Å²) >= 11 is 0. The van der Waals surface area contributed by atoms with Crippen LogP contribution >= 0.6 is 7.14 Å². The fraction of sp³-hybridized carbons (Fsp3) is 0.591. The Morgan fingerprint density at radius 2 is 1.45 bits per heavy atom. The number of hydrogen-bond acceptors (Lipinski definition) is 6. The second-order valence-corrected chi connectivity index (χ2v) is 13.1. The maximum atomic E-state index is 12.2. The van der Waals surface area contributed by atoms with Gasteiger partial charge in [0, 0.05) is 16.5 Å². The van der Waals surface area contributed by atoms with Crippen LogP contribution in [0.25, 0.3) is 0 Å². The third kappa shape index (κ3) is 3.92. The molecule has 4 bridgehead atoms. The third-order valence-corrected chi connectivity index (χ3v) is 8.45. The molecular weight excluding hydrogens is 381 g/mol. The molecule has 7 heteroatoms. The lowest BCUT2D eigenvalue weighted by Crippen LogP contribution is -2.55. The maximum Gasteiger partial charge on any atom is 0.232 e. The van der Waals surface area contributed by atoms with Gasteiger partial charge in [-0.2, -0.15) is 15.0 Å². The minimum absolute atomic E-state index is 0.172. The van der Waals surface area contributed by atoms with Crippen LogP contribution in [0.2, 0.25) is 0 Å². The highest BCUT2D eigenvalue weighted by atomic mass is 31.2. The molecule has 4 fully saturated rings. The first-order chi connectivity index (χ1) is 13.8. The number of benzene rings is 1. The van der Waals surface area contributed by atoms with E-state index in [4.69, 9.17) is 0 Å². The molecule has 29 heavy (non-hydrogen) atoms. The van der Waals surface area contributed by atoms with E-state index in [1.807, 2.05) is 31.2 Å². The zero-order chi connectivity index (χ0) is 20.2. The van der Waals surface area contributed by atoms with Crippen LogP contribution in [0.1, 0.15) is 44.3 Å². The van der Waals surface area contributed by atoms with E-state index < -0.39 is 7.14 Å². The summed E-state index contributed by atoms with van der Waals surface area (Å²) in [6.45, 7) is 5.48. The van der Waals surface area contributed by atoms with E-state index in [1.165, 1.54) is 38.5 Å². The zero-order valence-electron chi connectivity index (χ0n) is 17.5. The van der Waals surface area contributed by atoms with Gasteiger partial charge < -0.3 is 15.2 Å². The van der Waals surface area contributed by atoms with E-state index in [9.17, 15) is 4.57 Å². The first-order valence-corrected chi connectivity index (χ1v) is 13.3. The van der Waals surface area contributed by atoms with Gasteiger partial charge in [-0.25, -0.2) is 0 Å². The summed E-state index contributed by atoms with van der Waals surface area (Å²) in [6, 6.07) is 7.68. The highest BCUT2D eigenvalue weighted by Crippen LogP contribution is 2.56. The zero-order valence-corrected chi connectivity index (χ0v) is 18.4. The van der Waals surface area contributed by atoms with Crippen molar-refractivity contribution in [2.75, 3.05) is 24.0 Å². The molecule has 1 heterocycles. The van der Waals surface area contributed by atoms with Crippen LogP contribution in [0, 0.1) is 24.7 Å². The van der Waals surface area contributed by atoms with Gasteiger partial charge in [-0.1, -0.05) is 0 Å². The molecule has 2 N–H and O–H groups in total. The molecule has 6 nitrogen and oxygen atoms in total. The van der Waals surface area contributed by atoms with Crippen molar-refractivity contribution in [3.63, 3.8) is 0 Å². The van der Waals surface area contributed by atoms with E-state index >= 15 is 0 Å². The molecule has 0 amide bonds. The van der Waals surface area contributed by atoms with Crippen molar-refractivity contribution in [2.24, 2.45) is 17.8 Å². The monoisotopic (exact) mass is 411 g/mol. The van der Waals surface area contributed by atoms with E-state index in [2.05, 4.69) is 25.6 Å². The number of nitrogens with one attached hydrogen (secondary N) is 2. The van der Waals surface area contributed by atoms with Crippen molar-refractivity contribution in [1.82, 2.24) is 15.0 Å². The van der Waals surface area contributed by atoms with E-state index in [0.717, 1.165) is 28.7 Å². The van der Waals surface area contributed by atoms with Crippen LogP contribution in [0.15, 0.2) is 24.3 Å². The van der Waals surface area contributed by atoms with Gasteiger partial charge in [-0.15, -0.1) is 0 Å². The van der Waals surface area contributed by atoms with E-state index in [1.54, 1.807) is 13.3 Å². The predicted octanol–water partition coefficient (Wildman–Crippen LogP) is 4.55. The van der Waals surface area contributed by atoms with E-state index in [0.29, 0.717) is 17.7 Å². The summed E-state index contributed by atoms with van der Waals surface area (Å²) in [6.07, 6.45) is 8.01. The largest absolute Gasteiger partial charge is 0.349 e. The predicted molar refractivity (Wildman–Crippen MR) is 118 cm³/mol. The van der Waals surface area contributed by atoms with Crippen molar-refractivity contribution in [1.29, 1.82) is 0 Å². The first-order valence-electron chi connectivity index (χ1n) is 10.7. The number of rotatable bonds is 5. The molecule has 0 saturated heterocycles. The molecule has 1 aromatic carbocycles. The fourth-order valence-electron chi connectivity index (χ4n) is 6.13. The summed E-state index contributed by atoms with van der Waals surface area (Å²) in [7, 11) is -2.25. The van der Waals surface area contributed by atoms with E-state index in [-0.39, 0.29) is 5.54 Å². The second-order valence-electron chi connectivity index (χ2n) is 9.88. The molecule has 2 aromatic rings. The Kier molecular flexibility index (Phi) is 4.47. The normalized spacial score (nSPS) is 30.4. The molecule has 0 aliphatic heterocycles. The lowest BCUT2D eigenvalue weighted by Gasteiger charge is -2.56. The summed E-state index contributed by atoms with van der Waals surface area (Å²) < 4.78 is 12.2. The fourth-order valence-corrected chi connectivity index (χ4v) is 6.99. The molecular formula is C22H30N5OP. The minimum atomic E-state index is -2.25. The van der Waals surface area contributed by atoms with Crippen molar-refractivity contribution in [2.45, 2.75) is 51.0 Å². The van der Waals surface area contributed by atoms with Crippen LogP contribution in [-0.2, 0) is 4.57 Å². The third-order valence-electron chi connectivity index (χ3n) is 6.91. The number of hydrogen-bond donors (Lipinski definition) is 2. The quantitative estimate of drug-likeness (QED) is 0.703. The maximum absolute atomic E-state index is 12.2. The molecule has 4 saturated carbocycles. The van der Waals surface area contributed by atoms with Crippen LogP contribution in [0.4, 0.5) is 17.6 Å². The van der Waals surface area contributed by atoms with Crippen molar-refractivity contribution < 1.29 is 4.57 Å². The van der Waals surface area contributed by atoms with Gasteiger partial charge in [0.15, 0.2) is 0 Å². The van der Waals surface area contributed by atoms with Crippen molar-refractivity contribution in [3.8, 4) is 0 Å². The lowest BCUT2D eigenvalue weighted by atomic mass is 9.53. The number of aromatic nitrogens is 3. The van der Waals surface area contributed by atoms with Gasteiger partial charge in [0.25, 0.3) is 0 Å². The smallest absolute Gasteiger partial charge is 0.232 e. The number of nitrogens with zero attached hydrogens (tertiary/aromatic N) is 3. The summed E-state index contributed by atoms with van der Waals surface area (Å²) in [5.74, 6) is 4.57. The second kappa shape index (κ2) is 6.80. The average molecular weight is 411 g/mol. The molecule has 0 spiro atoms. The topological polar surface area (TPSA) is 79.8 Å². The molecule has 1 aromatic heterocycles. The highest BCUT2D eigenvalue weighted by molar-refractivity contribution is 7.70. The van der Waals surface area contributed by atoms with Gasteiger partial charge in [0.2, 0.25) is 11.9 Å². The summed E-state index contributed by atoms with van der Waals surface area (Å²) in [5.41, 5.74) is 1.05. The Bertz CT molecular complexity index is 932. The van der Waals surface area contributed by atoms with Crippen LogP contribution in [0.3, 0.4) is 0 Å². The van der Waals surface area contributed by atoms with Crippen LogP contribution in [0.5, 0.6) is 0 Å². The molecule has 0 atom stereocenters. The van der Waals surface area contributed by atoms with Crippen molar-refractivity contribution in [3.05, 3.63) is 30.1 Å². The molecule has 0 unspecified atom stereocenters. The number of anilines is 3. The summed E-state index contributed by atoms with van der Waals surface area (Å²) in [4.78, 5) is 13.7. The Labute approximate surface area is 172 Å². The number of aryl methyl sites for hydroxylation is 1. The highest BCUT2D eigenvalue weighted by Gasteiger charge is 2.51.